The highest BCUT2D eigenvalue weighted by Crippen LogP contribution is 2.32. The summed E-state index contributed by atoms with van der Waals surface area (Å²) >= 11 is 0. The van der Waals surface area contributed by atoms with Crippen LogP contribution in [-0.2, 0) is 12.7 Å². The minimum Gasteiger partial charge on any atom is -0.399 e. The van der Waals surface area contributed by atoms with Crippen LogP contribution in [0, 0.1) is 0 Å². The molecule has 2 aromatic rings. The van der Waals surface area contributed by atoms with E-state index < -0.39 is 11.7 Å². The van der Waals surface area contributed by atoms with Crippen LogP contribution in [0.3, 0.4) is 0 Å². The number of alkyl halides is 3. The molecule has 7 heteroatoms. The largest absolute Gasteiger partial charge is 0.416 e. The van der Waals surface area contributed by atoms with E-state index in [9.17, 15) is 18.0 Å². The number of nitrogens with two attached hydrogens (primary N) is 1. The lowest BCUT2D eigenvalue weighted by atomic mass is 10.1. The monoisotopic (exact) mass is 370 g/mol. The Labute approximate surface area is 150 Å². The average molecular weight is 371 g/mol. The molecule has 2 aromatic carbocycles. The van der Waals surface area contributed by atoms with Gasteiger partial charge in [-0.25, -0.2) is 0 Å². The summed E-state index contributed by atoms with van der Waals surface area (Å²) in [4.78, 5) is 14.4. The van der Waals surface area contributed by atoms with Gasteiger partial charge in [0.1, 0.15) is 0 Å². The summed E-state index contributed by atoms with van der Waals surface area (Å²) in [6.07, 6.45) is -2.53. The van der Waals surface area contributed by atoms with Crippen molar-refractivity contribution in [1.82, 2.24) is 4.90 Å². The Morgan fingerprint density at radius 3 is 2.28 bits per heavy atom. The molecule has 1 saturated carbocycles. The van der Waals surface area contributed by atoms with Gasteiger partial charge < -0.3 is 10.6 Å². The van der Waals surface area contributed by atoms with E-state index in [1.807, 2.05) is 0 Å². The van der Waals surface area contributed by atoms with E-state index in [4.69, 9.17) is 5.73 Å². The van der Waals surface area contributed by atoms with E-state index in [1.54, 1.807) is 29.2 Å². The molecule has 1 fully saturated rings. The minimum absolute atomic E-state index is 0. The van der Waals surface area contributed by atoms with Gasteiger partial charge in [0.2, 0.25) is 0 Å². The Kier molecular flexibility index (Phi) is 5.62. The van der Waals surface area contributed by atoms with Crippen LogP contribution < -0.4 is 5.73 Å². The highest BCUT2D eigenvalue weighted by Gasteiger charge is 2.34. The van der Waals surface area contributed by atoms with Crippen LogP contribution in [0.25, 0.3) is 0 Å². The third-order valence-corrected chi connectivity index (χ3v) is 4.02. The van der Waals surface area contributed by atoms with E-state index in [2.05, 4.69) is 0 Å². The summed E-state index contributed by atoms with van der Waals surface area (Å²) in [5.41, 5.74) is 6.71. The smallest absolute Gasteiger partial charge is 0.399 e. The molecule has 3 nitrogen and oxygen atoms in total. The van der Waals surface area contributed by atoms with Crippen molar-refractivity contribution >= 4 is 24.0 Å². The van der Waals surface area contributed by atoms with Crippen molar-refractivity contribution in [3.63, 3.8) is 0 Å². The number of hydrogen-bond donors (Lipinski definition) is 1. The lowest BCUT2D eigenvalue weighted by Gasteiger charge is -2.23. The average Bonchev–Trinajstić information content (AvgIpc) is 3.36. The fourth-order valence-electron chi connectivity index (χ4n) is 2.59. The van der Waals surface area contributed by atoms with Gasteiger partial charge in [-0.1, -0.05) is 18.2 Å². The van der Waals surface area contributed by atoms with Crippen molar-refractivity contribution in [3.8, 4) is 0 Å². The van der Waals surface area contributed by atoms with E-state index in [0.29, 0.717) is 16.8 Å². The predicted molar refractivity (Wildman–Crippen MR) is 92.4 cm³/mol. The molecule has 0 heterocycles. The molecular weight excluding hydrogens is 353 g/mol. The first kappa shape index (κ1) is 19.1. The molecule has 134 valence electrons. The quantitative estimate of drug-likeness (QED) is 0.804. The number of nitrogen functional groups attached to an aromatic ring is 1. The number of carbonyl (C=O) groups is 1. The first-order valence-electron chi connectivity index (χ1n) is 7.67. The third-order valence-electron chi connectivity index (χ3n) is 4.02. The molecule has 1 aliphatic carbocycles. The maximum absolute atomic E-state index is 12.7. The van der Waals surface area contributed by atoms with Gasteiger partial charge in [0.05, 0.1) is 5.56 Å². The zero-order valence-corrected chi connectivity index (χ0v) is 14.1. The normalized spacial score (nSPS) is 13.9. The summed E-state index contributed by atoms with van der Waals surface area (Å²) in [7, 11) is 0. The Bertz CT molecular complexity index is 743. The van der Waals surface area contributed by atoms with Gasteiger partial charge in [0.25, 0.3) is 5.91 Å². The SMILES string of the molecule is Cl.Nc1cccc(C(=O)N(Cc2ccc(C(F)(F)F)cc2)C2CC2)c1. The third kappa shape index (κ3) is 4.66. The molecule has 2 N–H and O–H groups in total. The summed E-state index contributed by atoms with van der Waals surface area (Å²) in [5.74, 6) is -0.148. The van der Waals surface area contributed by atoms with Gasteiger partial charge >= 0.3 is 6.18 Å². The number of benzene rings is 2. The second-order valence-corrected chi connectivity index (χ2v) is 5.98. The summed E-state index contributed by atoms with van der Waals surface area (Å²) in [6.45, 7) is 0.288. The van der Waals surface area contributed by atoms with E-state index in [1.165, 1.54) is 12.1 Å². The molecular formula is C18H18ClF3N2O. The van der Waals surface area contributed by atoms with Crippen molar-refractivity contribution in [3.05, 3.63) is 65.2 Å². The molecule has 0 aromatic heterocycles. The Morgan fingerprint density at radius 1 is 1.12 bits per heavy atom. The van der Waals surface area contributed by atoms with Gasteiger partial charge in [-0.05, 0) is 48.7 Å². The van der Waals surface area contributed by atoms with E-state index >= 15 is 0 Å². The molecule has 0 spiro atoms. The maximum Gasteiger partial charge on any atom is 0.416 e. The molecule has 0 unspecified atom stereocenters. The maximum atomic E-state index is 12.7. The van der Waals surface area contributed by atoms with Crippen LogP contribution in [-0.4, -0.2) is 16.8 Å². The molecule has 0 aliphatic heterocycles. The standard InChI is InChI=1S/C18H17F3N2O.ClH/c19-18(20,21)14-6-4-12(5-7-14)11-23(16-8-9-16)17(24)13-2-1-3-15(22)10-13;/h1-7,10,16H,8-9,11,22H2;1H. The van der Waals surface area contributed by atoms with Gasteiger partial charge in [0.15, 0.2) is 0 Å². The second kappa shape index (κ2) is 7.35. The van der Waals surface area contributed by atoms with Gasteiger partial charge in [-0.3, -0.25) is 4.79 Å². The lowest BCUT2D eigenvalue weighted by Crippen LogP contribution is -2.32. The summed E-state index contributed by atoms with van der Waals surface area (Å²) in [6, 6.07) is 11.8. The number of amides is 1. The summed E-state index contributed by atoms with van der Waals surface area (Å²) < 4.78 is 37.9. The van der Waals surface area contributed by atoms with Crippen LogP contribution in [0.2, 0.25) is 0 Å². The van der Waals surface area contributed by atoms with Crippen molar-refractivity contribution in [2.45, 2.75) is 31.6 Å². The number of carbonyl (C=O) groups excluding carboxylic acids is 1. The molecule has 0 saturated heterocycles. The van der Waals surface area contributed by atoms with E-state index in [0.717, 1.165) is 25.0 Å². The highest BCUT2D eigenvalue weighted by molar-refractivity contribution is 5.95. The number of hydrogen-bond acceptors (Lipinski definition) is 2. The molecule has 25 heavy (non-hydrogen) atoms. The van der Waals surface area contributed by atoms with Crippen molar-refractivity contribution in [1.29, 1.82) is 0 Å². The molecule has 1 amide bonds. The van der Waals surface area contributed by atoms with Crippen LogP contribution in [0.1, 0.15) is 34.3 Å². The fraction of sp³-hybridized carbons (Fsp3) is 0.278. The van der Waals surface area contributed by atoms with Crippen LogP contribution in [0.4, 0.5) is 18.9 Å². The molecule has 3 rings (SSSR count). The van der Waals surface area contributed by atoms with Crippen molar-refractivity contribution in [2.24, 2.45) is 0 Å². The Hall–Kier alpha value is -2.21. The molecule has 1 aliphatic rings. The number of anilines is 1. The fourth-order valence-corrected chi connectivity index (χ4v) is 2.59. The van der Waals surface area contributed by atoms with Crippen LogP contribution in [0.5, 0.6) is 0 Å². The Balaban J connectivity index is 0.00000225. The van der Waals surface area contributed by atoms with Crippen molar-refractivity contribution in [2.75, 3.05) is 5.73 Å². The predicted octanol–water partition coefficient (Wildman–Crippen LogP) is 4.51. The van der Waals surface area contributed by atoms with E-state index in [-0.39, 0.29) is 30.9 Å². The molecule has 0 atom stereocenters. The summed E-state index contributed by atoms with van der Waals surface area (Å²) in [5, 5.41) is 0. The zero-order valence-electron chi connectivity index (χ0n) is 13.3. The molecule has 0 radical (unpaired) electrons. The van der Waals surface area contributed by atoms with Crippen LogP contribution in [0.15, 0.2) is 48.5 Å². The first-order valence-corrected chi connectivity index (χ1v) is 7.67. The Morgan fingerprint density at radius 2 is 1.76 bits per heavy atom. The zero-order chi connectivity index (χ0) is 17.3. The van der Waals surface area contributed by atoms with Crippen LogP contribution >= 0.6 is 12.4 Å². The minimum atomic E-state index is -4.36. The lowest BCUT2D eigenvalue weighted by molar-refractivity contribution is -0.137. The first-order chi connectivity index (χ1) is 11.3. The molecule has 0 bridgehead atoms. The topological polar surface area (TPSA) is 46.3 Å². The number of rotatable bonds is 4. The second-order valence-electron chi connectivity index (χ2n) is 5.98. The van der Waals surface area contributed by atoms with Gasteiger partial charge in [-0.2, -0.15) is 13.2 Å². The van der Waals surface area contributed by atoms with Crippen molar-refractivity contribution < 1.29 is 18.0 Å². The van der Waals surface area contributed by atoms with Gasteiger partial charge in [-0.15, -0.1) is 12.4 Å². The number of nitrogens with zero attached hydrogens (tertiary/aromatic N) is 1. The highest BCUT2D eigenvalue weighted by atomic mass is 35.5. The number of halogens is 4. The van der Waals surface area contributed by atoms with Gasteiger partial charge in [0, 0.05) is 23.8 Å².